The minimum absolute atomic E-state index is 0.179. The minimum Gasteiger partial charge on any atom is -0.355 e. The number of rotatable bonds is 7. The molecule has 0 aliphatic carbocycles. The van der Waals surface area contributed by atoms with Crippen LogP contribution in [0.5, 0.6) is 0 Å². The van der Waals surface area contributed by atoms with Gasteiger partial charge in [-0.05, 0) is 18.1 Å². The van der Waals surface area contributed by atoms with Gasteiger partial charge in [0, 0.05) is 19.0 Å². The Morgan fingerprint density at radius 1 is 1.30 bits per heavy atom. The fourth-order valence-electron chi connectivity index (χ4n) is 1.45. The normalized spacial score (nSPS) is 11.9. The highest BCUT2D eigenvalue weighted by Gasteiger charge is 2.17. The Morgan fingerprint density at radius 3 is 2.55 bits per heavy atom. The first kappa shape index (κ1) is 16.4. The number of hydrogen-bond donors (Lipinski definition) is 1. The summed E-state index contributed by atoms with van der Waals surface area (Å²) in [5.74, 6) is -0.300. The summed E-state index contributed by atoms with van der Waals surface area (Å²) in [6, 6.07) is 9.12. The Labute approximate surface area is 120 Å². The van der Waals surface area contributed by atoms with Gasteiger partial charge in [0.25, 0.3) is 0 Å². The molecule has 0 spiro atoms. The largest absolute Gasteiger partial charge is 0.355 e. The van der Waals surface area contributed by atoms with Gasteiger partial charge < -0.3 is 5.32 Å². The third-order valence-electron chi connectivity index (χ3n) is 2.60. The lowest BCUT2D eigenvalue weighted by Crippen LogP contribution is -2.37. The van der Waals surface area contributed by atoms with Crippen molar-refractivity contribution in [2.24, 2.45) is 0 Å². The predicted octanol–water partition coefficient (Wildman–Crippen LogP) is 1.45. The van der Waals surface area contributed by atoms with Gasteiger partial charge in [0.05, 0.1) is 6.54 Å². The summed E-state index contributed by atoms with van der Waals surface area (Å²) in [5, 5.41) is 3.75. The van der Waals surface area contributed by atoms with Crippen molar-refractivity contribution in [1.29, 1.82) is 0 Å². The predicted molar refractivity (Wildman–Crippen MR) is 80.3 cm³/mol. The van der Waals surface area contributed by atoms with E-state index in [4.69, 9.17) is 0 Å². The third kappa shape index (κ3) is 5.54. The number of sulfonamides is 1. The number of amides is 1. The van der Waals surface area contributed by atoms with E-state index in [1.165, 1.54) is 13.1 Å². The second-order valence-electron chi connectivity index (χ2n) is 4.36. The molecule has 1 rings (SSSR count). The zero-order chi connectivity index (χ0) is 15.0. The molecule has 0 bridgehead atoms. The molecule has 0 unspecified atom stereocenters. The molecule has 1 amide bonds. The molecule has 20 heavy (non-hydrogen) atoms. The molecule has 5 nitrogen and oxygen atoms in total. The smallest absolute Gasteiger partial charge is 0.236 e. The minimum atomic E-state index is -3.59. The molecule has 110 valence electrons. The van der Waals surface area contributed by atoms with E-state index in [1.54, 1.807) is 12.1 Å². The van der Waals surface area contributed by atoms with Crippen molar-refractivity contribution in [3.8, 4) is 0 Å². The fourth-order valence-corrected chi connectivity index (χ4v) is 2.28. The van der Waals surface area contributed by atoms with Gasteiger partial charge in [-0.2, -0.15) is 4.31 Å². The van der Waals surface area contributed by atoms with E-state index in [0.717, 1.165) is 21.7 Å². The van der Waals surface area contributed by atoms with Crippen molar-refractivity contribution in [2.45, 2.75) is 13.3 Å². The van der Waals surface area contributed by atoms with Crippen LogP contribution in [0.1, 0.15) is 18.9 Å². The molecule has 0 aliphatic rings. The molecule has 0 heterocycles. The second kappa shape index (κ2) is 7.81. The molecule has 0 atom stereocenters. The molecule has 6 heteroatoms. The van der Waals surface area contributed by atoms with E-state index >= 15 is 0 Å². The number of carbonyl (C=O) groups excluding carboxylic acids is 1. The summed E-state index contributed by atoms with van der Waals surface area (Å²) in [5.41, 5.74) is 0.792. The van der Waals surface area contributed by atoms with Gasteiger partial charge >= 0.3 is 0 Å². The van der Waals surface area contributed by atoms with Crippen molar-refractivity contribution in [1.82, 2.24) is 9.62 Å². The molecule has 0 radical (unpaired) electrons. The van der Waals surface area contributed by atoms with E-state index in [0.29, 0.717) is 6.54 Å². The van der Waals surface area contributed by atoms with Gasteiger partial charge in [0.2, 0.25) is 15.9 Å². The number of nitrogens with zero attached hydrogens (tertiary/aromatic N) is 1. The second-order valence-corrected chi connectivity index (χ2v) is 6.29. The van der Waals surface area contributed by atoms with Crippen molar-refractivity contribution in [2.75, 3.05) is 20.1 Å². The first-order chi connectivity index (χ1) is 9.45. The van der Waals surface area contributed by atoms with Crippen LogP contribution in [0.2, 0.25) is 0 Å². The fraction of sp³-hybridized carbons (Fsp3) is 0.357. The molecule has 0 saturated carbocycles. The van der Waals surface area contributed by atoms with Crippen LogP contribution in [0.15, 0.2) is 35.7 Å². The Balaban J connectivity index is 2.64. The van der Waals surface area contributed by atoms with Crippen molar-refractivity contribution in [3.05, 3.63) is 41.3 Å². The number of carbonyl (C=O) groups is 1. The summed E-state index contributed by atoms with van der Waals surface area (Å²) >= 11 is 0. The monoisotopic (exact) mass is 296 g/mol. The Kier molecular flexibility index (Phi) is 6.41. The van der Waals surface area contributed by atoms with E-state index in [2.05, 4.69) is 5.32 Å². The maximum absolute atomic E-state index is 12.0. The molecule has 0 aliphatic heterocycles. The first-order valence-corrected chi connectivity index (χ1v) is 7.92. The maximum atomic E-state index is 12.0. The lowest BCUT2D eigenvalue weighted by atomic mass is 10.2. The van der Waals surface area contributed by atoms with Crippen LogP contribution in [0.25, 0.3) is 6.08 Å². The number of benzene rings is 1. The SMILES string of the molecule is CCCNC(=O)CN(C)S(=O)(=O)/C=C/c1ccccc1. The third-order valence-corrected chi connectivity index (χ3v) is 4.08. The van der Waals surface area contributed by atoms with Crippen LogP contribution in [0.3, 0.4) is 0 Å². The molecule has 1 aromatic carbocycles. The van der Waals surface area contributed by atoms with Crippen LogP contribution in [0.4, 0.5) is 0 Å². The summed E-state index contributed by atoms with van der Waals surface area (Å²) in [6.07, 6.45) is 2.33. The standard InChI is InChI=1S/C14H20N2O3S/c1-3-10-15-14(17)12-16(2)20(18,19)11-9-13-7-5-4-6-8-13/h4-9,11H,3,10,12H2,1-2H3,(H,15,17)/b11-9+. The number of hydrogen-bond acceptors (Lipinski definition) is 3. The Morgan fingerprint density at radius 2 is 1.95 bits per heavy atom. The van der Waals surface area contributed by atoms with Crippen LogP contribution < -0.4 is 5.32 Å². The molecular formula is C14H20N2O3S. The molecule has 0 fully saturated rings. The molecule has 1 aromatic rings. The molecule has 0 aromatic heterocycles. The van der Waals surface area contributed by atoms with Gasteiger partial charge in [-0.3, -0.25) is 4.79 Å². The van der Waals surface area contributed by atoms with Crippen LogP contribution in [-0.2, 0) is 14.8 Å². The summed E-state index contributed by atoms with van der Waals surface area (Å²) in [6.45, 7) is 2.30. The molecular weight excluding hydrogens is 276 g/mol. The highest BCUT2D eigenvalue weighted by Crippen LogP contribution is 2.06. The summed E-state index contributed by atoms with van der Waals surface area (Å²) in [7, 11) is -2.20. The van der Waals surface area contributed by atoms with Crippen molar-refractivity contribution < 1.29 is 13.2 Å². The van der Waals surface area contributed by atoms with Crippen molar-refractivity contribution in [3.63, 3.8) is 0 Å². The van der Waals surface area contributed by atoms with Gasteiger partial charge in [-0.1, -0.05) is 37.3 Å². The average Bonchev–Trinajstić information content (AvgIpc) is 2.44. The Hall–Kier alpha value is -1.66. The van der Waals surface area contributed by atoms with Crippen molar-refractivity contribution >= 4 is 22.0 Å². The molecule has 1 N–H and O–H groups in total. The van der Waals surface area contributed by atoms with Gasteiger partial charge in [0.15, 0.2) is 0 Å². The zero-order valence-corrected chi connectivity index (χ0v) is 12.6. The lowest BCUT2D eigenvalue weighted by Gasteiger charge is -2.14. The summed E-state index contributed by atoms with van der Waals surface area (Å²) < 4.78 is 25.0. The van der Waals surface area contributed by atoms with E-state index in [9.17, 15) is 13.2 Å². The summed E-state index contributed by atoms with van der Waals surface area (Å²) in [4.78, 5) is 11.5. The van der Waals surface area contributed by atoms with Gasteiger partial charge in [-0.15, -0.1) is 0 Å². The molecule has 0 saturated heterocycles. The van der Waals surface area contributed by atoms with E-state index < -0.39 is 10.0 Å². The lowest BCUT2D eigenvalue weighted by molar-refractivity contribution is -0.121. The Bertz CT molecular complexity index is 553. The average molecular weight is 296 g/mol. The van der Waals surface area contributed by atoms with E-state index in [1.807, 2.05) is 25.1 Å². The number of likely N-dealkylation sites (N-methyl/N-ethyl adjacent to an activating group) is 1. The van der Waals surface area contributed by atoms with Gasteiger partial charge in [0.1, 0.15) is 0 Å². The first-order valence-electron chi connectivity index (χ1n) is 6.42. The van der Waals surface area contributed by atoms with Crippen LogP contribution in [-0.4, -0.2) is 38.8 Å². The quantitative estimate of drug-likeness (QED) is 0.828. The zero-order valence-electron chi connectivity index (χ0n) is 11.7. The highest BCUT2D eigenvalue weighted by molar-refractivity contribution is 7.92. The maximum Gasteiger partial charge on any atom is 0.236 e. The highest BCUT2D eigenvalue weighted by atomic mass is 32.2. The van der Waals surface area contributed by atoms with Crippen LogP contribution in [0, 0.1) is 0 Å². The van der Waals surface area contributed by atoms with E-state index in [-0.39, 0.29) is 12.5 Å². The van der Waals surface area contributed by atoms with Gasteiger partial charge in [-0.25, -0.2) is 8.42 Å². The topological polar surface area (TPSA) is 66.5 Å². The number of nitrogens with one attached hydrogen (secondary N) is 1. The van der Waals surface area contributed by atoms with Crippen LogP contribution >= 0.6 is 0 Å².